The number of thiophene rings is 1. The van der Waals surface area contributed by atoms with Crippen molar-refractivity contribution >= 4 is 29.1 Å². The van der Waals surface area contributed by atoms with Crippen LogP contribution in [-0.2, 0) is 4.79 Å². The molecule has 0 spiro atoms. The van der Waals surface area contributed by atoms with Crippen molar-refractivity contribution in [2.24, 2.45) is 0 Å². The fraction of sp³-hybridized carbons (Fsp3) is 0.308. The predicted octanol–water partition coefficient (Wildman–Crippen LogP) is 2.58. The van der Waals surface area contributed by atoms with Crippen LogP contribution < -0.4 is 10.1 Å². The van der Waals surface area contributed by atoms with Crippen molar-refractivity contribution in [3.63, 3.8) is 0 Å². The number of hydrogen-bond acceptors (Lipinski definition) is 6. The van der Waals surface area contributed by atoms with E-state index in [2.05, 4.69) is 10.5 Å². The lowest BCUT2D eigenvalue weighted by Gasteiger charge is -2.02. The summed E-state index contributed by atoms with van der Waals surface area (Å²) < 4.78 is 10.2. The zero-order valence-corrected chi connectivity index (χ0v) is 12.3. The standard InChI is InChI=1S/C13H14N2O5S/c1-7(2)9-4-12(20-15-9)14-11(16)5-19-8-3-10(13(17)18)21-6-8/h3-4,6-7H,5H2,1-2H3,(H,14,16)(H,17,18). The largest absolute Gasteiger partial charge is 0.483 e. The third-order valence-electron chi connectivity index (χ3n) is 2.54. The van der Waals surface area contributed by atoms with Gasteiger partial charge in [0.05, 0.1) is 5.69 Å². The summed E-state index contributed by atoms with van der Waals surface area (Å²) in [6.07, 6.45) is 0. The maximum atomic E-state index is 11.7. The van der Waals surface area contributed by atoms with Crippen LogP contribution in [0.15, 0.2) is 22.0 Å². The summed E-state index contributed by atoms with van der Waals surface area (Å²) in [6.45, 7) is 3.68. The van der Waals surface area contributed by atoms with Gasteiger partial charge in [-0.3, -0.25) is 10.1 Å². The quantitative estimate of drug-likeness (QED) is 0.850. The second kappa shape index (κ2) is 6.40. The van der Waals surface area contributed by atoms with Crippen LogP contribution in [0.1, 0.15) is 35.1 Å². The SMILES string of the molecule is CC(C)c1cc(NC(=O)COc2csc(C(=O)O)c2)on1. The van der Waals surface area contributed by atoms with E-state index < -0.39 is 11.9 Å². The molecule has 0 radical (unpaired) electrons. The molecular formula is C13H14N2O5S. The summed E-state index contributed by atoms with van der Waals surface area (Å²) in [5, 5.41) is 16.6. The summed E-state index contributed by atoms with van der Waals surface area (Å²) in [4.78, 5) is 22.5. The van der Waals surface area contributed by atoms with Crippen molar-refractivity contribution in [3.05, 3.63) is 28.1 Å². The number of carbonyl (C=O) groups excluding carboxylic acids is 1. The maximum Gasteiger partial charge on any atom is 0.346 e. The number of aromatic nitrogens is 1. The molecule has 0 unspecified atom stereocenters. The molecule has 0 aliphatic carbocycles. The van der Waals surface area contributed by atoms with Gasteiger partial charge in [-0.1, -0.05) is 19.0 Å². The van der Waals surface area contributed by atoms with Gasteiger partial charge >= 0.3 is 5.97 Å². The van der Waals surface area contributed by atoms with Crippen LogP contribution in [0.5, 0.6) is 5.75 Å². The third-order valence-corrected chi connectivity index (χ3v) is 3.44. The molecule has 112 valence electrons. The average Bonchev–Trinajstić information content (AvgIpc) is 3.05. The fourth-order valence-electron chi connectivity index (χ4n) is 1.45. The van der Waals surface area contributed by atoms with Gasteiger partial charge in [0.25, 0.3) is 5.91 Å². The van der Waals surface area contributed by atoms with Crippen LogP contribution >= 0.6 is 11.3 Å². The molecule has 8 heteroatoms. The van der Waals surface area contributed by atoms with E-state index in [9.17, 15) is 9.59 Å². The van der Waals surface area contributed by atoms with Crippen molar-refractivity contribution < 1.29 is 24.0 Å². The van der Waals surface area contributed by atoms with Crippen LogP contribution in [0.2, 0.25) is 0 Å². The van der Waals surface area contributed by atoms with Gasteiger partial charge < -0.3 is 14.4 Å². The predicted molar refractivity (Wildman–Crippen MR) is 76.0 cm³/mol. The van der Waals surface area contributed by atoms with E-state index >= 15 is 0 Å². The number of carbonyl (C=O) groups is 2. The van der Waals surface area contributed by atoms with Crippen molar-refractivity contribution in [3.8, 4) is 5.75 Å². The van der Waals surface area contributed by atoms with E-state index in [0.717, 1.165) is 17.0 Å². The van der Waals surface area contributed by atoms with Gasteiger partial charge in [0.15, 0.2) is 6.61 Å². The minimum absolute atomic E-state index is 0.155. The maximum absolute atomic E-state index is 11.7. The first-order valence-corrected chi connectivity index (χ1v) is 7.04. The van der Waals surface area contributed by atoms with Crippen molar-refractivity contribution in [2.75, 3.05) is 11.9 Å². The zero-order valence-electron chi connectivity index (χ0n) is 11.5. The van der Waals surface area contributed by atoms with Crippen molar-refractivity contribution in [1.29, 1.82) is 0 Å². The Balaban J connectivity index is 1.85. The first-order chi connectivity index (χ1) is 9.95. The molecular weight excluding hydrogens is 296 g/mol. The van der Waals surface area contributed by atoms with E-state index in [-0.39, 0.29) is 23.3 Å². The number of hydrogen-bond donors (Lipinski definition) is 2. The molecule has 0 aromatic carbocycles. The average molecular weight is 310 g/mol. The van der Waals surface area contributed by atoms with Crippen LogP contribution in [0.4, 0.5) is 5.88 Å². The van der Waals surface area contributed by atoms with E-state index in [1.165, 1.54) is 11.4 Å². The molecule has 0 fully saturated rings. The molecule has 2 heterocycles. The Bertz CT molecular complexity index is 647. The number of nitrogens with one attached hydrogen (secondary N) is 1. The number of anilines is 1. The minimum atomic E-state index is -1.03. The lowest BCUT2D eigenvalue weighted by atomic mass is 10.1. The molecule has 2 aromatic heterocycles. The number of carboxylic acids is 1. The fourth-order valence-corrected chi connectivity index (χ4v) is 2.11. The molecule has 0 aliphatic heterocycles. The lowest BCUT2D eigenvalue weighted by molar-refractivity contribution is -0.118. The summed E-state index contributed by atoms with van der Waals surface area (Å²) in [7, 11) is 0. The first kappa shape index (κ1) is 15.0. The molecule has 0 bridgehead atoms. The summed E-state index contributed by atoms with van der Waals surface area (Å²) in [5.74, 6) is -0.639. The summed E-state index contributed by atoms with van der Waals surface area (Å²) in [6, 6.07) is 3.02. The van der Waals surface area contributed by atoms with Crippen molar-refractivity contribution in [2.45, 2.75) is 19.8 Å². The molecule has 0 atom stereocenters. The number of nitrogens with zero attached hydrogens (tertiary/aromatic N) is 1. The minimum Gasteiger partial charge on any atom is -0.483 e. The Kier molecular flexibility index (Phi) is 4.59. The third kappa shape index (κ3) is 4.06. The van der Waals surface area contributed by atoms with E-state index in [1.807, 2.05) is 13.8 Å². The molecule has 0 aliphatic rings. The van der Waals surface area contributed by atoms with E-state index in [4.69, 9.17) is 14.4 Å². The Morgan fingerprint density at radius 3 is 2.81 bits per heavy atom. The highest BCUT2D eigenvalue weighted by molar-refractivity contribution is 7.12. The molecule has 7 nitrogen and oxygen atoms in total. The number of rotatable bonds is 6. The Morgan fingerprint density at radius 1 is 1.48 bits per heavy atom. The van der Waals surface area contributed by atoms with Crippen molar-refractivity contribution in [1.82, 2.24) is 5.16 Å². The van der Waals surface area contributed by atoms with E-state index in [1.54, 1.807) is 6.07 Å². The van der Waals surface area contributed by atoms with E-state index in [0.29, 0.717) is 5.75 Å². The molecule has 2 aromatic rings. The van der Waals surface area contributed by atoms with Gasteiger partial charge in [0.1, 0.15) is 10.6 Å². The Labute approximate surface area is 124 Å². The van der Waals surface area contributed by atoms with Gasteiger partial charge in [-0.15, -0.1) is 11.3 Å². The topological polar surface area (TPSA) is 102 Å². The first-order valence-electron chi connectivity index (χ1n) is 6.17. The van der Waals surface area contributed by atoms with Crippen LogP contribution in [0, 0.1) is 0 Å². The van der Waals surface area contributed by atoms with Gasteiger partial charge in [-0.05, 0) is 5.92 Å². The number of amides is 1. The second-order valence-electron chi connectivity index (χ2n) is 4.56. The monoisotopic (exact) mass is 310 g/mol. The normalized spacial score (nSPS) is 10.6. The van der Waals surface area contributed by atoms with Gasteiger partial charge in [0, 0.05) is 17.5 Å². The molecule has 2 N–H and O–H groups in total. The Hall–Kier alpha value is -2.35. The smallest absolute Gasteiger partial charge is 0.346 e. The second-order valence-corrected chi connectivity index (χ2v) is 5.47. The van der Waals surface area contributed by atoms with Crippen LogP contribution in [0.3, 0.4) is 0 Å². The van der Waals surface area contributed by atoms with Gasteiger partial charge in [-0.25, -0.2) is 4.79 Å². The molecule has 0 saturated heterocycles. The van der Waals surface area contributed by atoms with Crippen LogP contribution in [-0.4, -0.2) is 28.7 Å². The number of ether oxygens (including phenoxy) is 1. The van der Waals surface area contributed by atoms with Crippen LogP contribution in [0.25, 0.3) is 0 Å². The molecule has 0 saturated carbocycles. The highest BCUT2D eigenvalue weighted by atomic mass is 32.1. The molecule has 1 amide bonds. The number of aromatic carboxylic acids is 1. The van der Waals surface area contributed by atoms with Gasteiger partial charge in [0.2, 0.25) is 5.88 Å². The van der Waals surface area contributed by atoms with Gasteiger partial charge in [-0.2, -0.15) is 0 Å². The highest BCUT2D eigenvalue weighted by Gasteiger charge is 2.12. The zero-order chi connectivity index (χ0) is 15.4. The summed E-state index contributed by atoms with van der Waals surface area (Å²) >= 11 is 1.04. The summed E-state index contributed by atoms with van der Waals surface area (Å²) in [5.41, 5.74) is 0.746. The molecule has 21 heavy (non-hydrogen) atoms. The molecule has 2 rings (SSSR count). The Morgan fingerprint density at radius 2 is 2.24 bits per heavy atom. The highest BCUT2D eigenvalue weighted by Crippen LogP contribution is 2.21. The lowest BCUT2D eigenvalue weighted by Crippen LogP contribution is -2.19. The number of carboxylic acid groups (broad SMARTS) is 1.